The van der Waals surface area contributed by atoms with Gasteiger partial charge in [0.2, 0.25) is 5.91 Å². The molecule has 1 saturated carbocycles. The number of anilines is 1. The fraction of sp³-hybridized carbons (Fsp3) is 0.641. The number of nitrogens with zero attached hydrogens (tertiary/aromatic N) is 3. The SMILES string of the molecule is COC[C@H]1CN(C(=O)[C@@H]2CN(C3CCC(C)(C)CC3)C[C@H]2c2ccc(OC)cc2)C[C@@H]1c1ccc(C(F)(F)F)cc1N1CCC(C(=O)O)CC1. The highest BCUT2D eigenvalue weighted by molar-refractivity contribution is 5.81. The second kappa shape index (κ2) is 14.7. The normalized spacial score (nSPS) is 26.8. The van der Waals surface area contributed by atoms with Gasteiger partial charge in [-0.25, -0.2) is 0 Å². The minimum absolute atomic E-state index is 0.0143. The first kappa shape index (κ1) is 36.5. The van der Waals surface area contributed by atoms with Crippen LogP contribution in [0.25, 0.3) is 0 Å². The molecular weight excluding hydrogens is 647 g/mol. The fourth-order valence-corrected chi connectivity index (χ4v) is 9.02. The van der Waals surface area contributed by atoms with Gasteiger partial charge in [-0.15, -0.1) is 0 Å². The molecule has 4 fully saturated rings. The molecule has 6 rings (SSSR count). The van der Waals surface area contributed by atoms with Crippen LogP contribution >= 0.6 is 0 Å². The molecule has 1 amide bonds. The Labute approximate surface area is 293 Å². The Morgan fingerprint density at radius 3 is 2.18 bits per heavy atom. The van der Waals surface area contributed by atoms with Crippen LogP contribution in [0.15, 0.2) is 42.5 Å². The molecule has 4 atom stereocenters. The molecule has 3 saturated heterocycles. The van der Waals surface area contributed by atoms with Crippen LogP contribution in [0.5, 0.6) is 5.75 Å². The maximum Gasteiger partial charge on any atom is 0.416 e. The Morgan fingerprint density at radius 1 is 0.900 bits per heavy atom. The highest BCUT2D eigenvalue weighted by Crippen LogP contribution is 2.45. The van der Waals surface area contributed by atoms with Crippen molar-refractivity contribution in [2.24, 2.45) is 23.2 Å². The number of piperidine rings is 1. The summed E-state index contributed by atoms with van der Waals surface area (Å²) in [6, 6.07) is 12.4. The first-order chi connectivity index (χ1) is 23.8. The molecule has 3 aliphatic heterocycles. The highest BCUT2D eigenvalue weighted by atomic mass is 19.4. The van der Waals surface area contributed by atoms with Gasteiger partial charge in [0, 0.05) is 75.9 Å². The zero-order valence-electron chi connectivity index (χ0n) is 29.8. The largest absolute Gasteiger partial charge is 0.497 e. The molecule has 8 nitrogen and oxygen atoms in total. The Bertz CT molecular complexity index is 1500. The van der Waals surface area contributed by atoms with E-state index in [-0.39, 0.29) is 29.6 Å². The van der Waals surface area contributed by atoms with Gasteiger partial charge >= 0.3 is 12.1 Å². The number of amides is 1. The number of carboxylic acid groups (broad SMARTS) is 1. The molecule has 0 bridgehead atoms. The highest BCUT2D eigenvalue weighted by Gasteiger charge is 2.47. The Balaban J connectivity index is 1.28. The summed E-state index contributed by atoms with van der Waals surface area (Å²) in [6.07, 6.45) is 0.772. The third-order valence-electron chi connectivity index (χ3n) is 12.1. The van der Waals surface area contributed by atoms with Gasteiger partial charge in [0.25, 0.3) is 0 Å². The van der Waals surface area contributed by atoms with Crippen molar-refractivity contribution in [2.45, 2.75) is 76.4 Å². The van der Waals surface area contributed by atoms with Gasteiger partial charge in [-0.05, 0) is 79.3 Å². The number of aliphatic carboxylic acids is 1. The fourth-order valence-electron chi connectivity index (χ4n) is 9.02. The summed E-state index contributed by atoms with van der Waals surface area (Å²) in [7, 11) is 3.26. The van der Waals surface area contributed by atoms with Crippen molar-refractivity contribution in [3.05, 3.63) is 59.2 Å². The van der Waals surface area contributed by atoms with Gasteiger partial charge in [0.15, 0.2) is 0 Å². The molecule has 4 aliphatic rings. The summed E-state index contributed by atoms with van der Waals surface area (Å²) in [5, 5.41) is 9.54. The molecule has 0 spiro atoms. The van der Waals surface area contributed by atoms with Crippen LogP contribution < -0.4 is 9.64 Å². The van der Waals surface area contributed by atoms with E-state index in [1.807, 2.05) is 21.9 Å². The number of likely N-dealkylation sites (tertiary alicyclic amines) is 2. The topological polar surface area (TPSA) is 82.6 Å². The lowest BCUT2D eigenvalue weighted by Gasteiger charge is -2.38. The summed E-state index contributed by atoms with van der Waals surface area (Å²) >= 11 is 0. The lowest BCUT2D eigenvalue weighted by Crippen LogP contribution is -2.40. The summed E-state index contributed by atoms with van der Waals surface area (Å²) in [6.45, 7) is 8.09. The smallest absolute Gasteiger partial charge is 0.416 e. The molecule has 11 heteroatoms. The van der Waals surface area contributed by atoms with Gasteiger partial charge in [-0.3, -0.25) is 14.5 Å². The quantitative estimate of drug-likeness (QED) is 0.306. The third kappa shape index (κ3) is 7.78. The van der Waals surface area contributed by atoms with Crippen LogP contribution in [0.1, 0.15) is 80.9 Å². The first-order valence-corrected chi connectivity index (χ1v) is 18.1. The zero-order chi connectivity index (χ0) is 35.8. The molecule has 274 valence electrons. The van der Waals surface area contributed by atoms with Crippen LogP contribution in [0.4, 0.5) is 18.9 Å². The van der Waals surface area contributed by atoms with Crippen LogP contribution in [0.3, 0.4) is 0 Å². The van der Waals surface area contributed by atoms with Crippen molar-refractivity contribution < 1.29 is 37.3 Å². The second-order valence-electron chi connectivity index (χ2n) is 15.8. The van der Waals surface area contributed by atoms with E-state index in [0.717, 1.165) is 55.2 Å². The first-order valence-electron chi connectivity index (χ1n) is 18.1. The summed E-state index contributed by atoms with van der Waals surface area (Å²) < 4.78 is 53.0. The van der Waals surface area contributed by atoms with Crippen molar-refractivity contribution >= 4 is 17.6 Å². The van der Waals surface area contributed by atoms with Crippen molar-refractivity contribution in [1.29, 1.82) is 0 Å². The van der Waals surface area contributed by atoms with Crippen LogP contribution in [0.2, 0.25) is 0 Å². The lowest BCUT2D eigenvalue weighted by molar-refractivity contribution is -0.142. The number of carbonyl (C=O) groups excluding carboxylic acids is 1. The number of carboxylic acids is 1. The Kier molecular flexibility index (Phi) is 10.8. The van der Waals surface area contributed by atoms with E-state index in [1.165, 1.54) is 6.07 Å². The average molecular weight is 700 g/mol. The molecule has 0 radical (unpaired) electrons. The van der Waals surface area contributed by atoms with Gasteiger partial charge < -0.3 is 24.4 Å². The van der Waals surface area contributed by atoms with Crippen molar-refractivity contribution in [3.8, 4) is 5.75 Å². The summed E-state index contributed by atoms with van der Waals surface area (Å²) in [5.41, 5.74) is 1.96. The predicted molar refractivity (Wildman–Crippen MR) is 186 cm³/mol. The minimum atomic E-state index is -4.52. The molecule has 1 N–H and O–H groups in total. The maximum absolute atomic E-state index is 14.7. The number of halogens is 3. The van der Waals surface area contributed by atoms with Crippen molar-refractivity contribution in [3.63, 3.8) is 0 Å². The summed E-state index contributed by atoms with van der Waals surface area (Å²) in [5.74, 6) is -1.09. The summed E-state index contributed by atoms with van der Waals surface area (Å²) in [4.78, 5) is 32.7. The molecule has 1 aliphatic carbocycles. The van der Waals surface area contributed by atoms with Gasteiger partial charge in [-0.2, -0.15) is 13.2 Å². The van der Waals surface area contributed by atoms with E-state index in [9.17, 15) is 27.9 Å². The third-order valence-corrected chi connectivity index (χ3v) is 12.1. The second-order valence-corrected chi connectivity index (χ2v) is 15.8. The van der Waals surface area contributed by atoms with E-state index < -0.39 is 23.6 Å². The number of methoxy groups -OCH3 is 2. The molecule has 0 aromatic heterocycles. The van der Waals surface area contributed by atoms with Gasteiger partial charge in [0.1, 0.15) is 5.75 Å². The maximum atomic E-state index is 14.7. The van der Waals surface area contributed by atoms with E-state index >= 15 is 0 Å². The number of hydrogen-bond donors (Lipinski definition) is 1. The van der Waals surface area contributed by atoms with Crippen LogP contribution in [-0.4, -0.2) is 92.9 Å². The zero-order valence-corrected chi connectivity index (χ0v) is 29.8. The molecule has 2 aromatic rings. The minimum Gasteiger partial charge on any atom is -0.497 e. The number of benzene rings is 2. The lowest BCUT2D eigenvalue weighted by atomic mass is 9.75. The Hall–Kier alpha value is -3.31. The number of hydrogen-bond acceptors (Lipinski definition) is 6. The molecule has 2 aromatic carbocycles. The monoisotopic (exact) mass is 699 g/mol. The number of alkyl halides is 3. The average Bonchev–Trinajstić information content (AvgIpc) is 3.73. The van der Waals surface area contributed by atoms with Gasteiger partial charge in [0.05, 0.1) is 31.1 Å². The van der Waals surface area contributed by atoms with E-state index in [0.29, 0.717) is 69.3 Å². The molecule has 0 unspecified atom stereocenters. The van der Waals surface area contributed by atoms with Gasteiger partial charge in [-0.1, -0.05) is 32.0 Å². The predicted octanol–water partition coefficient (Wildman–Crippen LogP) is 6.89. The van der Waals surface area contributed by atoms with Crippen LogP contribution in [0, 0.1) is 23.2 Å². The number of rotatable bonds is 9. The van der Waals surface area contributed by atoms with E-state index in [2.05, 4.69) is 30.9 Å². The number of carbonyl (C=O) groups is 2. The standard InChI is InChI=1S/C39H52F3N3O5/c1-38(2)15-11-29(12-16-38)44-21-32(25-5-8-30(50-4)9-6-25)34(23-44)36(46)45-20-27(24-49-3)33(22-45)31-10-7-28(39(40,41)42)19-35(31)43-17-13-26(14-18-43)37(47)48/h5-10,19,26-27,29,32-34H,11-18,20-24H2,1-4H3,(H,47,48)/t27-,32+,33+,34-/m1/s1. The molecule has 50 heavy (non-hydrogen) atoms. The van der Waals surface area contributed by atoms with Crippen molar-refractivity contribution in [2.75, 3.05) is 65.0 Å². The van der Waals surface area contributed by atoms with Crippen LogP contribution in [-0.2, 0) is 20.5 Å². The van der Waals surface area contributed by atoms with Crippen molar-refractivity contribution in [1.82, 2.24) is 9.80 Å². The molecule has 3 heterocycles. The number of ether oxygens (including phenoxy) is 2. The van der Waals surface area contributed by atoms with E-state index in [4.69, 9.17) is 9.47 Å². The molecular formula is C39H52F3N3O5. The van der Waals surface area contributed by atoms with E-state index in [1.54, 1.807) is 20.3 Å². The Morgan fingerprint density at radius 2 is 1.58 bits per heavy atom.